The molecular formula is C20H17ClN2O3S. The van der Waals surface area contributed by atoms with Crippen molar-refractivity contribution in [1.82, 2.24) is 10.3 Å². The molecule has 0 saturated heterocycles. The number of esters is 1. The standard InChI is InChI=1S/C20H17ClN2O3S/c1-13(14-6-8-15(21)9-7-14)22-18(24)12-26-20(25)11-10-19-23-16-4-2-3-5-17(16)27-19/h2-11,13H,12H2,1H3,(H,22,24)/b11-10+/t13-/m0/s1. The first-order chi connectivity index (χ1) is 13.0. The maximum atomic E-state index is 11.9. The second kappa shape index (κ2) is 8.79. The first-order valence-corrected chi connectivity index (χ1v) is 9.46. The Morgan fingerprint density at radius 2 is 1.96 bits per heavy atom. The van der Waals surface area contributed by atoms with Crippen molar-refractivity contribution >= 4 is 51.1 Å². The Balaban J connectivity index is 1.48. The van der Waals surface area contributed by atoms with E-state index in [1.54, 1.807) is 18.2 Å². The van der Waals surface area contributed by atoms with Crippen LogP contribution in [0, 0.1) is 0 Å². The first-order valence-electron chi connectivity index (χ1n) is 8.26. The van der Waals surface area contributed by atoms with Gasteiger partial charge in [-0.3, -0.25) is 4.79 Å². The summed E-state index contributed by atoms with van der Waals surface area (Å²) in [6.45, 7) is 1.50. The number of halogens is 1. The number of aromatic nitrogens is 1. The van der Waals surface area contributed by atoms with Crippen molar-refractivity contribution in [3.63, 3.8) is 0 Å². The molecule has 1 amide bonds. The van der Waals surface area contributed by atoms with Crippen molar-refractivity contribution < 1.29 is 14.3 Å². The van der Waals surface area contributed by atoms with E-state index in [4.69, 9.17) is 16.3 Å². The van der Waals surface area contributed by atoms with Crippen LogP contribution in [0.5, 0.6) is 0 Å². The largest absolute Gasteiger partial charge is 0.452 e. The molecule has 7 heteroatoms. The lowest BCUT2D eigenvalue weighted by atomic mass is 10.1. The van der Waals surface area contributed by atoms with Crippen molar-refractivity contribution in [3.05, 3.63) is 70.2 Å². The van der Waals surface area contributed by atoms with Gasteiger partial charge in [-0.15, -0.1) is 11.3 Å². The Morgan fingerprint density at radius 1 is 1.22 bits per heavy atom. The minimum Gasteiger partial charge on any atom is -0.452 e. The van der Waals surface area contributed by atoms with E-state index in [0.717, 1.165) is 15.8 Å². The Bertz CT molecular complexity index is 949. The number of benzene rings is 2. The van der Waals surface area contributed by atoms with Crippen molar-refractivity contribution in [2.75, 3.05) is 6.61 Å². The van der Waals surface area contributed by atoms with Crippen LogP contribution in [0.3, 0.4) is 0 Å². The highest BCUT2D eigenvalue weighted by molar-refractivity contribution is 7.19. The van der Waals surface area contributed by atoms with Gasteiger partial charge in [-0.25, -0.2) is 9.78 Å². The summed E-state index contributed by atoms with van der Waals surface area (Å²) in [6, 6.07) is 14.7. The number of hydrogen-bond donors (Lipinski definition) is 1. The lowest BCUT2D eigenvalue weighted by molar-refractivity contribution is -0.144. The summed E-state index contributed by atoms with van der Waals surface area (Å²) in [5.74, 6) is -0.970. The molecule has 0 aliphatic heterocycles. The number of carbonyl (C=O) groups is 2. The van der Waals surface area contributed by atoms with Gasteiger partial charge in [-0.2, -0.15) is 0 Å². The van der Waals surface area contributed by atoms with Gasteiger partial charge in [0.15, 0.2) is 6.61 Å². The van der Waals surface area contributed by atoms with E-state index in [1.165, 1.54) is 17.4 Å². The van der Waals surface area contributed by atoms with E-state index in [9.17, 15) is 9.59 Å². The van der Waals surface area contributed by atoms with E-state index in [2.05, 4.69) is 10.3 Å². The molecule has 138 valence electrons. The minimum absolute atomic E-state index is 0.216. The van der Waals surface area contributed by atoms with Crippen molar-refractivity contribution in [3.8, 4) is 0 Å². The molecule has 0 fully saturated rings. The number of rotatable bonds is 6. The Labute approximate surface area is 165 Å². The fourth-order valence-electron chi connectivity index (χ4n) is 2.40. The molecule has 3 aromatic rings. The molecule has 1 heterocycles. The van der Waals surface area contributed by atoms with E-state index in [0.29, 0.717) is 10.0 Å². The van der Waals surface area contributed by atoms with Crippen LogP contribution in [-0.4, -0.2) is 23.5 Å². The van der Waals surface area contributed by atoms with Crippen molar-refractivity contribution in [2.24, 2.45) is 0 Å². The zero-order valence-corrected chi connectivity index (χ0v) is 16.1. The van der Waals surface area contributed by atoms with Crippen LogP contribution in [0.2, 0.25) is 5.02 Å². The van der Waals surface area contributed by atoms with Gasteiger partial charge in [0.05, 0.1) is 16.3 Å². The molecule has 0 bridgehead atoms. The number of ether oxygens (including phenoxy) is 1. The van der Waals surface area contributed by atoms with Gasteiger partial charge in [0.1, 0.15) is 5.01 Å². The average molecular weight is 401 g/mol. The lowest BCUT2D eigenvalue weighted by Crippen LogP contribution is -2.30. The quantitative estimate of drug-likeness (QED) is 0.492. The second-order valence-electron chi connectivity index (χ2n) is 5.80. The molecule has 3 rings (SSSR count). The Morgan fingerprint density at radius 3 is 2.70 bits per heavy atom. The molecule has 1 N–H and O–H groups in total. The summed E-state index contributed by atoms with van der Waals surface area (Å²) in [5, 5.41) is 4.10. The fourth-order valence-corrected chi connectivity index (χ4v) is 3.40. The van der Waals surface area contributed by atoms with Gasteiger partial charge in [0.25, 0.3) is 5.91 Å². The van der Waals surface area contributed by atoms with Gasteiger partial charge in [-0.05, 0) is 42.8 Å². The van der Waals surface area contributed by atoms with Crippen LogP contribution < -0.4 is 5.32 Å². The summed E-state index contributed by atoms with van der Waals surface area (Å²) < 4.78 is 6.02. The smallest absolute Gasteiger partial charge is 0.331 e. The summed E-state index contributed by atoms with van der Waals surface area (Å²) in [4.78, 5) is 28.1. The number of fused-ring (bicyclic) bond motifs is 1. The van der Waals surface area contributed by atoms with Crippen LogP contribution in [0.4, 0.5) is 0 Å². The molecule has 0 unspecified atom stereocenters. The van der Waals surface area contributed by atoms with Crippen LogP contribution in [0.25, 0.3) is 16.3 Å². The number of carbonyl (C=O) groups excluding carboxylic acids is 2. The Kier molecular flexibility index (Phi) is 6.21. The third-order valence-corrected chi connectivity index (χ3v) is 5.02. The first kappa shape index (κ1) is 19.1. The van der Waals surface area contributed by atoms with E-state index < -0.39 is 5.97 Å². The van der Waals surface area contributed by atoms with Crippen molar-refractivity contribution in [2.45, 2.75) is 13.0 Å². The van der Waals surface area contributed by atoms with Crippen LogP contribution >= 0.6 is 22.9 Å². The van der Waals surface area contributed by atoms with Crippen LogP contribution in [-0.2, 0) is 14.3 Å². The molecule has 1 atom stereocenters. The Hall–Kier alpha value is -2.70. The molecule has 0 aliphatic rings. The topological polar surface area (TPSA) is 68.3 Å². The molecule has 0 radical (unpaired) electrons. The molecule has 2 aromatic carbocycles. The van der Waals surface area contributed by atoms with E-state index >= 15 is 0 Å². The lowest BCUT2D eigenvalue weighted by Gasteiger charge is -2.14. The molecule has 1 aromatic heterocycles. The third-order valence-electron chi connectivity index (χ3n) is 3.77. The van der Waals surface area contributed by atoms with Crippen LogP contribution in [0.1, 0.15) is 23.5 Å². The van der Waals surface area contributed by atoms with Crippen molar-refractivity contribution in [1.29, 1.82) is 0 Å². The maximum Gasteiger partial charge on any atom is 0.331 e. The normalized spacial score (nSPS) is 12.2. The predicted octanol–water partition coefficient (Wildman–Crippen LogP) is 4.38. The van der Waals surface area contributed by atoms with Gasteiger partial charge < -0.3 is 10.1 Å². The summed E-state index contributed by atoms with van der Waals surface area (Å²) in [6.07, 6.45) is 2.86. The number of nitrogens with zero attached hydrogens (tertiary/aromatic N) is 1. The zero-order valence-electron chi connectivity index (χ0n) is 14.5. The van der Waals surface area contributed by atoms with E-state index in [-0.39, 0.29) is 18.6 Å². The van der Waals surface area contributed by atoms with E-state index in [1.807, 2.05) is 43.3 Å². The van der Waals surface area contributed by atoms with Gasteiger partial charge in [-0.1, -0.05) is 35.9 Å². The summed E-state index contributed by atoms with van der Waals surface area (Å²) in [5.41, 5.74) is 1.79. The number of amides is 1. The van der Waals surface area contributed by atoms with Gasteiger partial charge in [0.2, 0.25) is 0 Å². The summed E-state index contributed by atoms with van der Waals surface area (Å²) >= 11 is 7.32. The second-order valence-corrected chi connectivity index (χ2v) is 7.30. The van der Waals surface area contributed by atoms with Gasteiger partial charge >= 0.3 is 5.97 Å². The summed E-state index contributed by atoms with van der Waals surface area (Å²) in [7, 11) is 0. The number of hydrogen-bond acceptors (Lipinski definition) is 5. The maximum absolute atomic E-state index is 11.9. The minimum atomic E-state index is -0.594. The highest BCUT2D eigenvalue weighted by atomic mass is 35.5. The van der Waals surface area contributed by atoms with Crippen LogP contribution in [0.15, 0.2) is 54.6 Å². The molecule has 0 aliphatic carbocycles. The molecule has 0 spiro atoms. The molecular weight excluding hydrogens is 384 g/mol. The molecule has 0 saturated carbocycles. The highest BCUT2D eigenvalue weighted by Crippen LogP contribution is 2.22. The van der Waals surface area contributed by atoms with Gasteiger partial charge in [0, 0.05) is 11.1 Å². The molecule has 27 heavy (non-hydrogen) atoms. The highest BCUT2D eigenvalue weighted by Gasteiger charge is 2.11. The number of para-hydroxylation sites is 1. The fraction of sp³-hybridized carbons (Fsp3) is 0.150. The predicted molar refractivity (Wildman–Crippen MR) is 108 cm³/mol. The average Bonchev–Trinajstić information content (AvgIpc) is 3.08. The SMILES string of the molecule is C[C@H](NC(=O)COC(=O)/C=C/c1nc2ccccc2s1)c1ccc(Cl)cc1. The third kappa shape index (κ3) is 5.39. The monoisotopic (exact) mass is 400 g/mol. The number of thiazole rings is 1. The zero-order chi connectivity index (χ0) is 19.2. The molecule has 5 nitrogen and oxygen atoms in total. The number of nitrogens with one attached hydrogen (secondary N) is 1.